The average molecular weight is 266 g/mol. The molecule has 0 bridgehead atoms. The Morgan fingerprint density at radius 3 is 1.20 bits per heavy atom. The Morgan fingerprint density at radius 1 is 0.650 bits per heavy atom. The number of aliphatic hydroxyl groups excluding tert-OH is 2. The predicted octanol–water partition coefficient (Wildman–Crippen LogP) is 2.49. The van der Waals surface area contributed by atoms with Crippen molar-refractivity contribution in [3.05, 3.63) is 71.8 Å². The van der Waals surface area contributed by atoms with Gasteiger partial charge < -0.3 is 10.2 Å². The lowest BCUT2D eigenvalue weighted by molar-refractivity contribution is 0.235. The normalized spacial score (nSPS) is 12.0. The standard InChI is InChI=1S/2C8H7NO/c2*9-6-8(10)7-4-2-1-3-5-7/h2*1-5,8,10H. The summed E-state index contributed by atoms with van der Waals surface area (Å²) in [5, 5.41) is 34.5. The van der Waals surface area contributed by atoms with Crippen LogP contribution in [0.2, 0.25) is 0 Å². The third-order valence-corrected chi connectivity index (χ3v) is 2.48. The second kappa shape index (κ2) is 8.44. The van der Waals surface area contributed by atoms with Crippen molar-refractivity contribution in [1.29, 1.82) is 10.5 Å². The van der Waals surface area contributed by atoms with E-state index in [2.05, 4.69) is 0 Å². The van der Waals surface area contributed by atoms with Crippen molar-refractivity contribution in [1.82, 2.24) is 0 Å². The summed E-state index contributed by atoms with van der Waals surface area (Å²) in [6, 6.07) is 21.2. The first-order valence-electron chi connectivity index (χ1n) is 5.94. The van der Waals surface area contributed by atoms with Gasteiger partial charge in [-0.3, -0.25) is 0 Å². The molecule has 0 radical (unpaired) electrons. The van der Waals surface area contributed by atoms with E-state index in [-0.39, 0.29) is 0 Å². The molecule has 0 aromatic heterocycles. The number of aliphatic hydroxyl groups is 2. The van der Waals surface area contributed by atoms with Crippen LogP contribution in [0.3, 0.4) is 0 Å². The van der Waals surface area contributed by atoms with E-state index in [9.17, 15) is 0 Å². The van der Waals surface area contributed by atoms with Crippen molar-refractivity contribution in [2.45, 2.75) is 12.2 Å². The maximum atomic E-state index is 8.97. The summed E-state index contributed by atoms with van der Waals surface area (Å²) >= 11 is 0. The van der Waals surface area contributed by atoms with Crippen LogP contribution < -0.4 is 0 Å². The first-order chi connectivity index (χ1) is 9.69. The zero-order valence-corrected chi connectivity index (χ0v) is 10.7. The molecule has 100 valence electrons. The Hall–Kier alpha value is -2.66. The minimum atomic E-state index is -0.985. The smallest absolute Gasteiger partial charge is 0.165 e. The molecular weight excluding hydrogens is 252 g/mol. The molecular formula is C16H14N2O2. The summed E-state index contributed by atoms with van der Waals surface area (Å²) < 4.78 is 0. The largest absolute Gasteiger partial charge is 0.374 e. The summed E-state index contributed by atoms with van der Waals surface area (Å²) in [6.07, 6.45) is -1.97. The van der Waals surface area contributed by atoms with E-state index in [1.165, 1.54) is 0 Å². The molecule has 2 atom stereocenters. The molecule has 0 aliphatic heterocycles. The SMILES string of the molecule is N#CC(O)c1ccccc1.N#CC(O)c1ccccc1. The Labute approximate surface area is 117 Å². The zero-order chi connectivity index (χ0) is 14.8. The van der Waals surface area contributed by atoms with E-state index < -0.39 is 12.2 Å². The van der Waals surface area contributed by atoms with Gasteiger partial charge in [0.15, 0.2) is 12.2 Å². The van der Waals surface area contributed by atoms with E-state index in [4.69, 9.17) is 20.7 Å². The van der Waals surface area contributed by atoms with E-state index in [1.54, 1.807) is 60.7 Å². The number of hydrogen-bond acceptors (Lipinski definition) is 4. The van der Waals surface area contributed by atoms with E-state index in [0.29, 0.717) is 11.1 Å². The van der Waals surface area contributed by atoms with Gasteiger partial charge in [0.05, 0.1) is 12.1 Å². The maximum absolute atomic E-state index is 8.97. The molecule has 4 nitrogen and oxygen atoms in total. The van der Waals surface area contributed by atoms with E-state index in [0.717, 1.165) is 0 Å². The Kier molecular flexibility index (Phi) is 6.50. The van der Waals surface area contributed by atoms with Crippen molar-refractivity contribution in [3.8, 4) is 12.1 Å². The van der Waals surface area contributed by atoms with Gasteiger partial charge >= 0.3 is 0 Å². The molecule has 4 heteroatoms. The molecule has 0 spiro atoms. The lowest BCUT2D eigenvalue weighted by Crippen LogP contribution is -1.90. The number of benzene rings is 2. The maximum Gasteiger partial charge on any atom is 0.165 e. The van der Waals surface area contributed by atoms with Gasteiger partial charge in [-0.1, -0.05) is 60.7 Å². The molecule has 0 aliphatic rings. The van der Waals surface area contributed by atoms with Crippen molar-refractivity contribution >= 4 is 0 Å². The Bertz CT molecular complexity index is 530. The molecule has 0 fully saturated rings. The van der Waals surface area contributed by atoms with Gasteiger partial charge in [-0.2, -0.15) is 10.5 Å². The second-order valence-electron chi connectivity index (χ2n) is 3.88. The van der Waals surface area contributed by atoms with Gasteiger partial charge in [0.25, 0.3) is 0 Å². The minimum Gasteiger partial charge on any atom is -0.374 e. The monoisotopic (exact) mass is 266 g/mol. The third-order valence-electron chi connectivity index (χ3n) is 2.48. The lowest BCUT2D eigenvalue weighted by Gasteiger charge is -1.98. The minimum absolute atomic E-state index is 0.644. The highest BCUT2D eigenvalue weighted by molar-refractivity contribution is 5.21. The number of hydrogen-bond donors (Lipinski definition) is 2. The van der Waals surface area contributed by atoms with Gasteiger partial charge in [-0.15, -0.1) is 0 Å². The molecule has 2 aromatic carbocycles. The van der Waals surface area contributed by atoms with Gasteiger partial charge in [0, 0.05) is 0 Å². The quantitative estimate of drug-likeness (QED) is 0.817. The topological polar surface area (TPSA) is 88.0 Å². The molecule has 2 unspecified atom stereocenters. The number of nitriles is 2. The first kappa shape index (κ1) is 15.4. The highest BCUT2D eigenvalue weighted by Gasteiger charge is 2.02. The fourth-order valence-corrected chi connectivity index (χ4v) is 1.42. The molecule has 0 saturated carbocycles. The van der Waals surface area contributed by atoms with E-state index in [1.807, 2.05) is 12.1 Å². The van der Waals surface area contributed by atoms with Crippen LogP contribution in [0.1, 0.15) is 23.3 Å². The highest BCUT2D eigenvalue weighted by Crippen LogP contribution is 2.09. The highest BCUT2D eigenvalue weighted by atomic mass is 16.3. The van der Waals surface area contributed by atoms with Crippen LogP contribution in [-0.2, 0) is 0 Å². The van der Waals surface area contributed by atoms with Crippen molar-refractivity contribution in [2.75, 3.05) is 0 Å². The summed E-state index contributed by atoms with van der Waals surface area (Å²) in [4.78, 5) is 0. The molecule has 20 heavy (non-hydrogen) atoms. The van der Waals surface area contributed by atoms with Crippen LogP contribution in [-0.4, -0.2) is 10.2 Å². The fourth-order valence-electron chi connectivity index (χ4n) is 1.42. The fraction of sp³-hybridized carbons (Fsp3) is 0.125. The van der Waals surface area contributed by atoms with Crippen LogP contribution in [0.4, 0.5) is 0 Å². The van der Waals surface area contributed by atoms with Crippen LogP contribution in [0.25, 0.3) is 0 Å². The van der Waals surface area contributed by atoms with Crippen molar-refractivity contribution in [3.63, 3.8) is 0 Å². The lowest BCUT2D eigenvalue weighted by atomic mass is 10.1. The Morgan fingerprint density at radius 2 is 0.950 bits per heavy atom. The molecule has 0 aliphatic carbocycles. The molecule has 0 saturated heterocycles. The summed E-state index contributed by atoms with van der Waals surface area (Å²) in [5.74, 6) is 0. The van der Waals surface area contributed by atoms with Crippen LogP contribution >= 0.6 is 0 Å². The molecule has 0 amide bonds. The van der Waals surface area contributed by atoms with Crippen molar-refractivity contribution < 1.29 is 10.2 Å². The average Bonchev–Trinajstić information content (AvgIpc) is 2.55. The predicted molar refractivity (Wildman–Crippen MR) is 74.0 cm³/mol. The van der Waals surface area contributed by atoms with Crippen LogP contribution in [0.5, 0.6) is 0 Å². The van der Waals surface area contributed by atoms with Gasteiger partial charge in [0.2, 0.25) is 0 Å². The summed E-state index contributed by atoms with van der Waals surface area (Å²) in [5.41, 5.74) is 1.29. The molecule has 2 rings (SSSR count). The van der Waals surface area contributed by atoms with E-state index >= 15 is 0 Å². The zero-order valence-electron chi connectivity index (χ0n) is 10.7. The van der Waals surface area contributed by atoms with Crippen LogP contribution in [0.15, 0.2) is 60.7 Å². The van der Waals surface area contributed by atoms with Crippen LogP contribution in [0, 0.1) is 22.7 Å². The molecule has 0 heterocycles. The van der Waals surface area contributed by atoms with Gasteiger partial charge in [-0.05, 0) is 11.1 Å². The van der Waals surface area contributed by atoms with Crippen molar-refractivity contribution in [2.24, 2.45) is 0 Å². The third kappa shape index (κ3) is 4.91. The number of nitrogens with zero attached hydrogens (tertiary/aromatic N) is 2. The van der Waals surface area contributed by atoms with Gasteiger partial charge in [0.1, 0.15) is 0 Å². The first-order valence-corrected chi connectivity index (χ1v) is 5.94. The second-order valence-corrected chi connectivity index (χ2v) is 3.88. The summed E-state index contributed by atoms with van der Waals surface area (Å²) in [7, 11) is 0. The molecule has 2 aromatic rings. The Balaban J connectivity index is 0.000000200. The van der Waals surface area contributed by atoms with Gasteiger partial charge in [-0.25, -0.2) is 0 Å². The number of rotatable bonds is 2. The summed E-state index contributed by atoms with van der Waals surface area (Å²) in [6.45, 7) is 0. The molecule has 2 N–H and O–H groups in total.